The van der Waals surface area contributed by atoms with Crippen LogP contribution in [-0.2, 0) is 9.53 Å². The lowest BCUT2D eigenvalue weighted by molar-refractivity contribution is -0.125. The first-order chi connectivity index (χ1) is 7.76. The van der Waals surface area contributed by atoms with Crippen LogP contribution in [0.5, 0.6) is 0 Å². The summed E-state index contributed by atoms with van der Waals surface area (Å²) < 4.78 is 5.24. The van der Waals surface area contributed by atoms with Gasteiger partial charge in [0, 0.05) is 13.0 Å². The number of nitrogens with zero attached hydrogens (tertiary/aromatic N) is 2. The van der Waals surface area contributed by atoms with Gasteiger partial charge in [-0.2, -0.15) is 5.26 Å². The molecule has 1 aliphatic heterocycles. The molecule has 0 aliphatic carbocycles. The summed E-state index contributed by atoms with van der Waals surface area (Å²) in [7, 11) is 0. The van der Waals surface area contributed by atoms with E-state index in [1.165, 1.54) is 4.90 Å². The van der Waals surface area contributed by atoms with Crippen molar-refractivity contribution in [1.82, 2.24) is 4.90 Å². The van der Waals surface area contributed by atoms with Crippen molar-refractivity contribution in [2.75, 3.05) is 6.54 Å². The van der Waals surface area contributed by atoms with E-state index in [0.717, 1.165) is 0 Å². The van der Waals surface area contributed by atoms with Crippen molar-refractivity contribution >= 4 is 11.9 Å². The van der Waals surface area contributed by atoms with Crippen LogP contribution in [0.2, 0.25) is 0 Å². The fourth-order valence-corrected chi connectivity index (χ4v) is 1.80. The molecule has 2 atom stereocenters. The predicted octanol–water partition coefficient (Wildman–Crippen LogP) is 1.72. The number of ether oxygens (including phenoxy) is 1. The SMILES string of the molecule is C[C@H]1[C@@H](C#N)C(=O)CCN1C(=O)OC(C)(C)C. The normalized spacial score (nSPS) is 25.4. The van der Waals surface area contributed by atoms with Crippen LogP contribution in [0.3, 0.4) is 0 Å². The Morgan fingerprint density at radius 1 is 1.53 bits per heavy atom. The second-order valence-corrected chi connectivity index (χ2v) is 5.24. The minimum atomic E-state index is -0.740. The summed E-state index contributed by atoms with van der Waals surface area (Å²) in [6, 6.07) is 1.53. The molecule has 1 heterocycles. The summed E-state index contributed by atoms with van der Waals surface area (Å²) in [5.74, 6) is -0.837. The molecule has 1 amide bonds. The molecule has 0 aromatic carbocycles. The first kappa shape index (κ1) is 13.5. The van der Waals surface area contributed by atoms with Gasteiger partial charge in [0.05, 0.1) is 12.1 Å². The quantitative estimate of drug-likeness (QED) is 0.644. The Balaban J connectivity index is 2.76. The van der Waals surface area contributed by atoms with Crippen LogP contribution in [0.4, 0.5) is 4.79 Å². The molecular formula is C12H18N2O3. The highest BCUT2D eigenvalue weighted by atomic mass is 16.6. The summed E-state index contributed by atoms with van der Waals surface area (Å²) in [5.41, 5.74) is -0.569. The highest BCUT2D eigenvalue weighted by Crippen LogP contribution is 2.22. The largest absolute Gasteiger partial charge is 0.444 e. The molecule has 1 saturated heterocycles. The molecule has 5 nitrogen and oxygen atoms in total. The molecule has 0 aromatic rings. The van der Waals surface area contributed by atoms with Gasteiger partial charge in [-0.15, -0.1) is 0 Å². The predicted molar refractivity (Wildman–Crippen MR) is 61.1 cm³/mol. The summed E-state index contributed by atoms with van der Waals surface area (Å²) in [6.45, 7) is 7.38. The summed E-state index contributed by atoms with van der Waals surface area (Å²) >= 11 is 0. The van der Waals surface area contributed by atoms with E-state index in [4.69, 9.17) is 10.00 Å². The minimum Gasteiger partial charge on any atom is -0.444 e. The van der Waals surface area contributed by atoms with E-state index in [9.17, 15) is 9.59 Å². The maximum absolute atomic E-state index is 11.9. The molecule has 5 heteroatoms. The summed E-state index contributed by atoms with van der Waals surface area (Å²) in [5, 5.41) is 8.91. The lowest BCUT2D eigenvalue weighted by Gasteiger charge is -2.36. The smallest absolute Gasteiger partial charge is 0.410 e. The molecule has 0 spiro atoms. The van der Waals surface area contributed by atoms with Gasteiger partial charge in [0.2, 0.25) is 0 Å². The Bertz CT molecular complexity index is 365. The van der Waals surface area contributed by atoms with Crippen LogP contribution in [0.1, 0.15) is 34.1 Å². The van der Waals surface area contributed by atoms with Crippen LogP contribution in [0.25, 0.3) is 0 Å². The number of nitriles is 1. The van der Waals surface area contributed by atoms with Crippen LogP contribution in [0, 0.1) is 17.2 Å². The van der Waals surface area contributed by atoms with Gasteiger partial charge in [-0.1, -0.05) is 0 Å². The third-order valence-electron chi connectivity index (χ3n) is 2.69. The number of amides is 1. The van der Waals surface area contributed by atoms with Gasteiger partial charge in [-0.25, -0.2) is 4.79 Å². The minimum absolute atomic E-state index is 0.0974. The fraction of sp³-hybridized carbons (Fsp3) is 0.750. The Labute approximate surface area is 101 Å². The highest BCUT2D eigenvalue weighted by Gasteiger charge is 2.38. The van der Waals surface area contributed by atoms with Crippen LogP contribution >= 0.6 is 0 Å². The number of rotatable bonds is 0. The van der Waals surface area contributed by atoms with Gasteiger partial charge in [-0.05, 0) is 27.7 Å². The van der Waals surface area contributed by atoms with Gasteiger partial charge in [0.15, 0.2) is 5.78 Å². The third kappa shape index (κ3) is 3.19. The van der Waals surface area contributed by atoms with Gasteiger partial charge < -0.3 is 9.64 Å². The second-order valence-electron chi connectivity index (χ2n) is 5.24. The van der Waals surface area contributed by atoms with E-state index < -0.39 is 23.7 Å². The Morgan fingerprint density at radius 2 is 2.12 bits per heavy atom. The van der Waals surface area contributed by atoms with Gasteiger partial charge in [0.1, 0.15) is 11.5 Å². The van der Waals surface area contributed by atoms with E-state index in [1.807, 2.05) is 6.07 Å². The number of hydrogen-bond acceptors (Lipinski definition) is 4. The molecule has 0 bridgehead atoms. The summed E-state index contributed by atoms with van der Waals surface area (Å²) in [6.07, 6.45) is -0.236. The molecule has 0 unspecified atom stereocenters. The highest BCUT2D eigenvalue weighted by molar-refractivity contribution is 5.86. The molecule has 0 saturated carbocycles. The second kappa shape index (κ2) is 4.74. The van der Waals surface area contributed by atoms with Gasteiger partial charge >= 0.3 is 6.09 Å². The Morgan fingerprint density at radius 3 is 2.59 bits per heavy atom. The van der Waals surface area contributed by atoms with Crippen molar-refractivity contribution in [3.05, 3.63) is 0 Å². The van der Waals surface area contributed by atoms with Crippen molar-refractivity contribution in [3.8, 4) is 6.07 Å². The summed E-state index contributed by atoms with van der Waals surface area (Å²) in [4.78, 5) is 24.8. The van der Waals surface area contributed by atoms with Crippen molar-refractivity contribution in [1.29, 1.82) is 5.26 Å². The fourth-order valence-electron chi connectivity index (χ4n) is 1.80. The van der Waals surface area contributed by atoms with Gasteiger partial charge in [-0.3, -0.25) is 4.79 Å². The van der Waals surface area contributed by atoms with E-state index >= 15 is 0 Å². The number of likely N-dealkylation sites (tertiary alicyclic amines) is 1. The molecule has 1 rings (SSSR count). The Kier molecular flexibility index (Phi) is 3.76. The average molecular weight is 238 g/mol. The first-order valence-electron chi connectivity index (χ1n) is 5.68. The van der Waals surface area contributed by atoms with Crippen LogP contribution in [0.15, 0.2) is 0 Å². The number of ketones is 1. The lowest BCUT2D eigenvalue weighted by Crippen LogP contribution is -2.51. The molecule has 0 N–H and O–H groups in total. The monoisotopic (exact) mass is 238 g/mol. The number of carbonyl (C=O) groups is 2. The molecule has 94 valence electrons. The van der Waals surface area contributed by atoms with Gasteiger partial charge in [0.25, 0.3) is 0 Å². The maximum atomic E-state index is 11.9. The average Bonchev–Trinajstić information content (AvgIpc) is 2.15. The molecule has 1 aliphatic rings. The molecule has 17 heavy (non-hydrogen) atoms. The zero-order chi connectivity index (χ0) is 13.2. The number of hydrogen-bond donors (Lipinski definition) is 0. The van der Waals surface area contributed by atoms with Crippen molar-refractivity contribution in [2.24, 2.45) is 5.92 Å². The maximum Gasteiger partial charge on any atom is 0.410 e. The first-order valence-corrected chi connectivity index (χ1v) is 5.68. The zero-order valence-electron chi connectivity index (χ0n) is 10.7. The zero-order valence-corrected chi connectivity index (χ0v) is 10.7. The van der Waals surface area contributed by atoms with E-state index in [1.54, 1.807) is 27.7 Å². The van der Waals surface area contributed by atoms with Crippen molar-refractivity contribution in [2.45, 2.75) is 45.8 Å². The van der Waals surface area contributed by atoms with Crippen LogP contribution in [-0.4, -0.2) is 35.0 Å². The third-order valence-corrected chi connectivity index (χ3v) is 2.69. The van der Waals surface area contributed by atoms with E-state index in [2.05, 4.69) is 0 Å². The van der Waals surface area contributed by atoms with E-state index in [-0.39, 0.29) is 12.2 Å². The number of carbonyl (C=O) groups excluding carboxylic acids is 2. The van der Waals surface area contributed by atoms with Crippen molar-refractivity contribution < 1.29 is 14.3 Å². The molecule has 0 aromatic heterocycles. The Hall–Kier alpha value is -1.57. The molecule has 1 fully saturated rings. The van der Waals surface area contributed by atoms with E-state index in [0.29, 0.717) is 6.54 Å². The van der Waals surface area contributed by atoms with Crippen LogP contribution < -0.4 is 0 Å². The van der Waals surface area contributed by atoms with Crippen molar-refractivity contribution in [3.63, 3.8) is 0 Å². The number of Topliss-reactive ketones (excluding diaryl/α,β-unsaturated/α-hetero) is 1. The molecule has 0 radical (unpaired) electrons. The lowest BCUT2D eigenvalue weighted by atomic mass is 9.90. The molecular weight excluding hydrogens is 220 g/mol. The topological polar surface area (TPSA) is 70.4 Å². The standard InChI is InChI=1S/C12H18N2O3/c1-8-9(7-13)10(15)5-6-14(8)11(16)17-12(2,3)4/h8-9H,5-6H2,1-4H3/t8-,9+/m0/s1. The number of piperidine rings is 1.